The van der Waals surface area contributed by atoms with Gasteiger partial charge in [0.25, 0.3) is 0 Å². The molecule has 0 aliphatic heterocycles. The summed E-state index contributed by atoms with van der Waals surface area (Å²) < 4.78 is 0. The van der Waals surface area contributed by atoms with Crippen molar-refractivity contribution < 1.29 is 4.79 Å². The molecule has 0 heterocycles. The molecule has 0 bridgehead atoms. The fraction of sp³-hybridized carbons (Fsp3) is 0.667. The Morgan fingerprint density at radius 3 is 2.50 bits per heavy atom. The van der Waals surface area contributed by atoms with Crippen LogP contribution in [0.15, 0.2) is 12.7 Å². The Morgan fingerprint density at radius 2 is 2.08 bits per heavy atom. The monoisotopic (exact) mass is 185 g/mol. The molecule has 0 fully saturated rings. The van der Waals surface area contributed by atoms with Crippen LogP contribution in [0, 0.1) is 0 Å². The Labute approximate surface area is 76.1 Å². The third-order valence-corrected chi connectivity index (χ3v) is 3.44. The van der Waals surface area contributed by atoms with Crippen molar-refractivity contribution in [3.8, 4) is 0 Å². The van der Waals surface area contributed by atoms with Crippen LogP contribution in [0.2, 0.25) is 25.7 Å². The van der Waals surface area contributed by atoms with Crippen LogP contribution in [0.3, 0.4) is 0 Å². The van der Waals surface area contributed by atoms with E-state index >= 15 is 0 Å². The molecule has 3 heteroatoms. The summed E-state index contributed by atoms with van der Waals surface area (Å²) in [4.78, 5) is 10.7. The first-order valence-corrected chi connectivity index (χ1v) is 8.07. The zero-order valence-corrected chi connectivity index (χ0v) is 9.31. The maximum absolute atomic E-state index is 10.7. The number of nitrogens with one attached hydrogen (secondary N) is 1. The number of hydrogen-bond donors (Lipinski definition) is 1. The van der Waals surface area contributed by atoms with E-state index in [9.17, 15) is 4.79 Å². The number of amides is 1. The highest BCUT2D eigenvalue weighted by Crippen LogP contribution is 2.09. The first-order chi connectivity index (χ1) is 5.45. The molecule has 0 saturated heterocycles. The molecule has 0 aliphatic rings. The van der Waals surface area contributed by atoms with Gasteiger partial charge in [-0.05, 0) is 12.5 Å². The molecular weight excluding hydrogens is 166 g/mol. The van der Waals surface area contributed by atoms with E-state index in [1.807, 2.05) is 0 Å². The quantitative estimate of drug-likeness (QED) is 0.396. The number of hydrogen-bond acceptors (Lipinski definition) is 1. The summed E-state index contributed by atoms with van der Waals surface area (Å²) in [5, 5.41) is 2.77. The van der Waals surface area contributed by atoms with E-state index in [1.54, 1.807) is 0 Å². The van der Waals surface area contributed by atoms with Gasteiger partial charge >= 0.3 is 0 Å². The Bertz CT molecular complexity index is 160. The summed E-state index contributed by atoms with van der Waals surface area (Å²) in [5.74, 6) is -0.0643. The van der Waals surface area contributed by atoms with Gasteiger partial charge in [-0.15, -0.1) is 0 Å². The lowest BCUT2D eigenvalue weighted by molar-refractivity contribution is -0.116. The molecule has 0 radical (unpaired) electrons. The van der Waals surface area contributed by atoms with E-state index in [0.717, 1.165) is 13.0 Å². The van der Waals surface area contributed by atoms with E-state index in [0.29, 0.717) is 0 Å². The van der Waals surface area contributed by atoms with E-state index in [1.165, 1.54) is 12.1 Å². The molecule has 0 rings (SSSR count). The lowest BCUT2D eigenvalue weighted by atomic mass is 10.4. The van der Waals surface area contributed by atoms with E-state index < -0.39 is 8.07 Å². The van der Waals surface area contributed by atoms with Crippen molar-refractivity contribution in [2.75, 3.05) is 6.54 Å². The Hall–Kier alpha value is -0.573. The van der Waals surface area contributed by atoms with Gasteiger partial charge in [-0.2, -0.15) is 0 Å². The van der Waals surface area contributed by atoms with Gasteiger partial charge in [0, 0.05) is 14.6 Å². The molecule has 0 aromatic rings. The van der Waals surface area contributed by atoms with Crippen molar-refractivity contribution in [1.82, 2.24) is 5.32 Å². The lowest BCUT2D eigenvalue weighted by Gasteiger charge is -2.14. The highest BCUT2D eigenvalue weighted by molar-refractivity contribution is 6.76. The second kappa shape index (κ2) is 5.14. The normalized spacial score (nSPS) is 10.9. The minimum atomic E-state index is -0.917. The summed E-state index contributed by atoms with van der Waals surface area (Å²) in [5.41, 5.74) is 0. The van der Waals surface area contributed by atoms with E-state index in [4.69, 9.17) is 0 Å². The summed E-state index contributed by atoms with van der Waals surface area (Å²) in [6.07, 6.45) is 2.41. The number of carbonyl (C=O) groups is 1. The van der Waals surface area contributed by atoms with Crippen LogP contribution in [0.4, 0.5) is 0 Å². The fourth-order valence-corrected chi connectivity index (χ4v) is 2.14. The molecule has 0 aliphatic carbocycles. The van der Waals surface area contributed by atoms with Crippen molar-refractivity contribution in [1.29, 1.82) is 0 Å². The van der Waals surface area contributed by atoms with Crippen LogP contribution in [-0.4, -0.2) is 20.5 Å². The third-order valence-electron chi connectivity index (χ3n) is 1.59. The van der Waals surface area contributed by atoms with Gasteiger partial charge in [0.15, 0.2) is 0 Å². The Kier molecular flexibility index (Phi) is 4.89. The summed E-state index contributed by atoms with van der Waals surface area (Å²) in [7, 11) is -0.917. The zero-order valence-electron chi connectivity index (χ0n) is 8.31. The lowest BCUT2D eigenvalue weighted by Crippen LogP contribution is -2.25. The molecule has 0 aromatic heterocycles. The van der Waals surface area contributed by atoms with Gasteiger partial charge in [-0.25, -0.2) is 0 Å². The predicted octanol–water partition coefficient (Wildman–Crippen LogP) is 2.02. The van der Waals surface area contributed by atoms with Gasteiger partial charge in [0.1, 0.15) is 0 Å². The summed E-state index contributed by atoms with van der Waals surface area (Å²) in [6, 6.07) is 1.27. The zero-order chi connectivity index (χ0) is 9.61. The summed E-state index contributed by atoms with van der Waals surface area (Å²) >= 11 is 0. The van der Waals surface area contributed by atoms with Crippen molar-refractivity contribution in [3.05, 3.63) is 12.7 Å². The molecule has 12 heavy (non-hydrogen) atoms. The molecule has 0 aromatic carbocycles. The SMILES string of the molecule is C=CC(=O)NCCC[Si](C)(C)C. The molecule has 0 spiro atoms. The molecule has 2 nitrogen and oxygen atoms in total. The fourth-order valence-electron chi connectivity index (χ4n) is 0.902. The van der Waals surface area contributed by atoms with Crippen LogP contribution >= 0.6 is 0 Å². The minimum absolute atomic E-state index is 0.0643. The molecular formula is C9H19NOSi. The van der Waals surface area contributed by atoms with Crippen LogP contribution in [-0.2, 0) is 4.79 Å². The molecule has 1 amide bonds. The highest BCUT2D eigenvalue weighted by atomic mass is 28.3. The van der Waals surface area contributed by atoms with Gasteiger partial charge in [-0.1, -0.05) is 32.3 Å². The topological polar surface area (TPSA) is 29.1 Å². The largest absolute Gasteiger partial charge is 0.353 e. The number of rotatable bonds is 5. The first kappa shape index (κ1) is 11.4. The van der Waals surface area contributed by atoms with Crippen molar-refractivity contribution in [2.45, 2.75) is 32.1 Å². The Balaban J connectivity index is 3.34. The minimum Gasteiger partial charge on any atom is -0.353 e. The van der Waals surface area contributed by atoms with Crippen molar-refractivity contribution >= 4 is 14.0 Å². The van der Waals surface area contributed by atoms with Gasteiger partial charge < -0.3 is 5.32 Å². The van der Waals surface area contributed by atoms with Crippen LogP contribution in [0.5, 0.6) is 0 Å². The predicted molar refractivity (Wildman–Crippen MR) is 56.0 cm³/mol. The molecule has 1 N–H and O–H groups in total. The van der Waals surface area contributed by atoms with Gasteiger partial charge in [0.05, 0.1) is 0 Å². The average Bonchev–Trinajstić information content (AvgIpc) is 1.96. The first-order valence-electron chi connectivity index (χ1n) is 4.36. The van der Waals surface area contributed by atoms with Crippen LogP contribution in [0.1, 0.15) is 6.42 Å². The molecule has 70 valence electrons. The standard InChI is InChI=1S/C9H19NOSi/c1-5-9(11)10-7-6-8-12(2,3)4/h5H,1,6-8H2,2-4H3,(H,10,11). The van der Waals surface area contributed by atoms with Crippen LogP contribution in [0.25, 0.3) is 0 Å². The van der Waals surface area contributed by atoms with E-state index in [-0.39, 0.29) is 5.91 Å². The maximum atomic E-state index is 10.7. The summed E-state index contributed by atoms with van der Waals surface area (Å²) in [6.45, 7) is 11.2. The molecule has 0 atom stereocenters. The van der Waals surface area contributed by atoms with Crippen molar-refractivity contribution in [2.24, 2.45) is 0 Å². The number of carbonyl (C=O) groups excluding carboxylic acids is 1. The van der Waals surface area contributed by atoms with E-state index in [2.05, 4.69) is 31.5 Å². The smallest absolute Gasteiger partial charge is 0.243 e. The second-order valence-corrected chi connectivity index (χ2v) is 9.78. The van der Waals surface area contributed by atoms with Gasteiger partial charge in [-0.3, -0.25) is 4.79 Å². The van der Waals surface area contributed by atoms with Gasteiger partial charge in [0.2, 0.25) is 5.91 Å². The van der Waals surface area contributed by atoms with Crippen molar-refractivity contribution in [3.63, 3.8) is 0 Å². The maximum Gasteiger partial charge on any atom is 0.243 e. The molecule has 0 saturated carbocycles. The third kappa shape index (κ3) is 7.53. The average molecular weight is 185 g/mol. The Morgan fingerprint density at radius 1 is 1.50 bits per heavy atom. The van der Waals surface area contributed by atoms with Crippen LogP contribution < -0.4 is 5.32 Å². The molecule has 0 unspecified atom stereocenters. The highest BCUT2D eigenvalue weighted by Gasteiger charge is 2.11. The second-order valence-electron chi connectivity index (χ2n) is 4.16.